The van der Waals surface area contributed by atoms with E-state index < -0.39 is 10.8 Å². The van der Waals surface area contributed by atoms with Gasteiger partial charge in [-0.2, -0.15) is 0 Å². The molecule has 0 spiro atoms. The molecule has 0 fully saturated rings. The Morgan fingerprint density at radius 3 is 2.13 bits per heavy atom. The summed E-state index contributed by atoms with van der Waals surface area (Å²) in [5.41, 5.74) is 4.01. The average molecular weight is 406 g/mol. The third-order valence-electron chi connectivity index (χ3n) is 3.59. The average Bonchev–Trinajstić information content (AvgIpc) is 2.55. The normalized spacial score (nSPS) is 12.1. The van der Waals surface area contributed by atoms with Crippen LogP contribution < -0.4 is 0 Å². The molecule has 3 aromatic rings. The minimum atomic E-state index is -1.17. The molecule has 1 nitrogen and oxygen atoms in total. The zero-order valence-corrected chi connectivity index (χ0v) is 15.6. The first-order valence-corrected chi connectivity index (χ1v) is 9.77. The fourth-order valence-corrected chi connectivity index (χ4v) is 4.16. The number of benzene rings is 3. The van der Waals surface area contributed by atoms with E-state index in [1.165, 1.54) is 0 Å². The van der Waals surface area contributed by atoms with Crippen molar-refractivity contribution in [3.63, 3.8) is 0 Å². The second-order valence-corrected chi connectivity index (χ2v) is 7.80. The van der Waals surface area contributed by atoms with Gasteiger partial charge in [0.2, 0.25) is 0 Å². The summed E-state index contributed by atoms with van der Waals surface area (Å²) in [6.07, 6.45) is 1.66. The summed E-state index contributed by atoms with van der Waals surface area (Å²) in [6, 6.07) is 21.9. The molecule has 0 bridgehead atoms. The highest BCUT2D eigenvalue weighted by Crippen LogP contribution is 2.36. The Labute approximate surface area is 151 Å². The Kier molecular flexibility index (Phi) is 5.00. The molecule has 1 unspecified atom stereocenters. The SMILES string of the molecule is CS(=O)c1c(Cl)cc(-c2ccccc2)cc1-c1ccc(Br)cc1. The van der Waals surface area contributed by atoms with Gasteiger partial charge in [-0.1, -0.05) is 70.0 Å². The van der Waals surface area contributed by atoms with E-state index in [9.17, 15) is 4.21 Å². The Balaban J connectivity index is 2.25. The van der Waals surface area contributed by atoms with Crippen LogP contribution in [0.25, 0.3) is 22.3 Å². The maximum absolute atomic E-state index is 12.2. The van der Waals surface area contributed by atoms with Crippen molar-refractivity contribution in [1.82, 2.24) is 0 Å². The summed E-state index contributed by atoms with van der Waals surface area (Å²) in [6.45, 7) is 0. The molecule has 0 aromatic heterocycles. The van der Waals surface area contributed by atoms with Gasteiger partial charge in [0.1, 0.15) is 0 Å². The van der Waals surface area contributed by atoms with E-state index in [0.717, 1.165) is 26.7 Å². The lowest BCUT2D eigenvalue weighted by Gasteiger charge is -2.13. The molecule has 3 aromatic carbocycles. The van der Waals surface area contributed by atoms with E-state index in [-0.39, 0.29) is 0 Å². The van der Waals surface area contributed by atoms with E-state index in [1.807, 2.05) is 60.7 Å². The maximum Gasteiger partial charge on any atom is 0.0650 e. The molecule has 116 valence electrons. The fraction of sp³-hybridized carbons (Fsp3) is 0.0526. The van der Waals surface area contributed by atoms with Gasteiger partial charge in [0.25, 0.3) is 0 Å². The Bertz CT molecular complexity index is 861. The largest absolute Gasteiger partial charge is 0.255 e. The van der Waals surface area contributed by atoms with Crippen LogP contribution in [0.2, 0.25) is 5.02 Å². The van der Waals surface area contributed by atoms with Crippen LogP contribution >= 0.6 is 27.5 Å². The van der Waals surface area contributed by atoms with Crippen molar-refractivity contribution in [3.8, 4) is 22.3 Å². The predicted molar refractivity (Wildman–Crippen MR) is 102 cm³/mol. The molecule has 0 heterocycles. The zero-order chi connectivity index (χ0) is 16.4. The zero-order valence-electron chi connectivity index (χ0n) is 12.4. The summed E-state index contributed by atoms with van der Waals surface area (Å²) in [5, 5.41) is 0.533. The number of rotatable bonds is 3. The Hall–Kier alpha value is -1.42. The van der Waals surface area contributed by atoms with Gasteiger partial charge in [0.05, 0.1) is 20.7 Å². The van der Waals surface area contributed by atoms with E-state index in [1.54, 1.807) is 6.26 Å². The molecule has 0 saturated carbocycles. The second kappa shape index (κ2) is 7.00. The van der Waals surface area contributed by atoms with E-state index in [4.69, 9.17) is 11.6 Å². The Morgan fingerprint density at radius 1 is 0.870 bits per heavy atom. The van der Waals surface area contributed by atoms with Crippen molar-refractivity contribution in [1.29, 1.82) is 0 Å². The van der Waals surface area contributed by atoms with Gasteiger partial charge < -0.3 is 0 Å². The van der Waals surface area contributed by atoms with Crippen LogP contribution in [0.15, 0.2) is 76.1 Å². The first-order chi connectivity index (χ1) is 11.1. The highest BCUT2D eigenvalue weighted by molar-refractivity contribution is 9.10. The van der Waals surface area contributed by atoms with Gasteiger partial charge in [0, 0.05) is 10.7 Å². The molecule has 0 aliphatic rings. The topological polar surface area (TPSA) is 17.1 Å². The molecule has 4 heteroatoms. The summed E-state index contributed by atoms with van der Waals surface area (Å²) in [4.78, 5) is 0.675. The molecule has 0 radical (unpaired) electrons. The van der Waals surface area contributed by atoms with Crippen LogP contribution in [0, 0.1) is 0 Å². The van der Waals surface area contributed by atoms with Gasteiger partial charge in [-0.25, -0.2) is 0 Å². The van der Waals surface area contributed by atoms with Crippen LogP contribution in [0.4, 0.5) is 0 Å². The first-order valence-electron chi connectivity index (χ1n) is 7.04. The lowest BCUT2D eigenvalue weighted by atomic mass is 9.99. The minimum absolute atomic E-state index is 0.533. The molecule has 0 aliphatic carbocycles. The van der Waals surface area contributed by atoms with Crippen molar-refractivity contribution in [2.24, 2.45) is 0 Å². The third-order valence-corrected chi connectivity index (χ3v) is 5.55. The first kappa shape index (κ1) is 16.4. The van der Waals surface area contributed by atoms with E-state index in [0.29, 0.717) is 9.92 Å². The standard InChI is InChI=1S/C19H14BrClOS/c1-23(22)19-17(14-7-9-16(20)10-8-14)11-15(12-18(19)21)13-5-3-2-4-6-13/h2-12H,1H3. The lowest BCUT2D eigenvalue weighted by Crippen LogP contribution is -1.95. The van der Waals surface area contributed by atoms with Gasteiger partial charge >= 0.3 is 0 Å². The smallest absolute Gasteiger partial charge is 0.0650 e. The van der Waals surface area contributed by atoms with Gasteiger partial charge in [-0.05, 0) is 46.5 Å². The molecule has 23 heavy (non-hydrogen) atoms. The third kappa shape index (κ3) is 3.57. The predicted octanol–water partition coefficient (Wildman–Crippen LogP) is 6.17. The second-order valence-electron chi connectivity index (χ2n) is 5.16. The van der Waals surface area contributed by atoms with Crippen molar-refractivity contribution >= 4 is 38.3 Å². The van der Waals surface area contributed by atoms with Gasteiger partial charge in [-0.3, -0.25) is 4.21 Å². The highest BCUT2D eigenvalue weighted by atomic mass is 79.9. The van der Waals surface area contributed by atoms with Gasteiger partial charge in [0.15, 0.2) is 0 Å². The van der Waals surface area contributed by atoms with Crippen molar-refractivity contribution in [3.05, 3.63) is 76.2 Å². The monoisotopic (exact) mass is 404 g/mol. The summed E-state index contributed by atoms with van der Waals surface area (Å²) in [5.74, 6) is 0. The van der Waals surface area contributed by atoms with Crippen LogP contribution in [0.3, 0.4) is 0 Å². The molecule has 3 rings (SSSR count). The fourth-order valence-electron chi connectivity index (χ4n) is 2.53. The summed E-state index contributed by atoms with van der Waals surface area (Å²) >= 11 is 9.90. The summed E-state index contributed by atoms with van der Waals surface area (Å²) < 4.78 is 13.2. The van der Waals surface area contributed by atoms with Crippen LogP contribution in [-0.4, -0.2) is 10.5 Å². The molecular formula is C19H14BrClOS. The molecular weight excluding hydrogens is 392 g/mol. The van der Waals surface area contributed by atoms with Crippen molar-refractivity contribution in [2.45, 2.75) is 4.90 Å². The minimum Gasteiger partial charge on any atom is -0.255 e. The van der Waals surface area contributed by atoms with Crippen molar-refractivity contribution in [2.75, 3.05) is 6.26 Å². The van der Waals surface area contributed by atoms with Crippen molar-refractivity contribution < 1.29 is 4.21 Å². The lowest BCUT2D eigenvalue weighted by molar-refractivity contribution is 0.687. The number of hydrogen-bond donors (Lipinski definition) is 0. The molecule has 0 amide bonds. The van der Waals surface area contributed by atoms with Gasteiger partial charge in [-0.15, -0.1) is 0 Å². The molecule has 0 N–H and O–H groups in total. The molecule has 0 saturated heterocycles. The molecule has 1 atom stereocenters. The van der Waals surface area contributed by atoms with E-state index >= 15 is 0 Å². The maximum atomic E-state index is 12.2. The quantitative estimate of drug-likeness (QED) is 0.509. The van der Waals surface area contributed by atoms with Crippen LogP contribution in [-0.2, 0) is 10.8 Å². The highest BCUT2D eigenvalue weighted by Gasteiger charge is 2.15. The number of halogens is 2. The van der Waals surface area contributed by atoms with Crippen LogP contribution in [0.1, 0.15) is 0 Å². The Morgan fingerprint density at radius 2 is 1.52 bits per heavy atom. The number of hydrogen-bond acceptors (Lipinski definition) is 1. The molecule has 0 aliphatic heterocycles. The van der Waals surface area contributed by atoms with Crippen LogP contribution in [0.5, 0.6) is 0 Å². The van der Waals surface area contributed by atoms with E-state index in [2.05, 4.69) is 22.0 Å². The summed E-state index contributed by atoms with van der Waals surface area (Å²) in [7, 11) is -1.17.